The maximum absolute atomic E-state index is 12.6. The van der Waals surface area contributed by atoms with Crippen LogP contribution in [0.3, 0.4) is 0 Å². The van der Waals surface area contributed by atoms with E-state index in [2.05, 4.69) is 4.74 Å². The minimum absolute atomic E-state index is 0.190. The molecule has 1 amide bonds. The molecule has 3 rings (SSSR count). The van der Waals surface area contributed by atoms with Crippen LogP contribution in [0.4, 0.5) is 0 Å². The number of rotatable bonds is 6. The van der Waals surface area contributed by atoms with Gasteiger partial charge in [-0.1, -0.05) is 72.5 Å². The van der Waals surface area contributed by atoms with Gasteiger partial charge in [-0.25, -0.2) is 0 Å². The third-order valence-corrected chi connectivity index (χ3v) is 5.21. The second-order valence-electron chi connectivity index (χ2n) is 5.66. The number of para-hydroxylation sites is 1. The van der Waals surface area contributed by atoms with Crippen LogP contribution < -0.4 is 4.74 Å². The largest absolute Gasteiger partial charge is 0.488 e. The molecule has 2 aromatic carbocycles. The number of carbonyl (C=O) groups excluding carboxylic acids is 2. The third-order valence-electron chi connectivity index (χ3n) is 3.83. The molecule has 0 bridgehead atoms. The van der Waals surface area contributed by atoms with Crippen LogP contribution in [0.5, 0.6) is 5.75 Å². The van der Waals surface area contributed by atoms with E-state index in [0.717, 1.165) is 22.9 Å². The summed E-state index contributed by atoms with van der Waals surface area (Å²) in [4.78, 5) is 25.7. The first-order chi connectivity index (χ1) is 13.1. The van der Waals surface area contributed by atoms with Crippen LogP contribution >= 0.6 is 24.0 Å². The lowest BCUT2D eigenvalue weighted by molar-refractivity contribution is -0.143. The Kier molecular flexibility index (Phi) is 6.26. The first-order valence-corrected chi connectivity index (χ1v) is 9.39. The van der Waals surface area contributed by atoms with Gasteiger partial charge in [0.15, 0.2) is 0 Å². The Bertz CT molecular complexity index is 896. The summed E-state index contributed by atoms with van der Waals surface area (Å²) in [5, 5.41) is 0. The molecule has 138 valence electrons. The highest BCUT2D eigenvalue weighted by molar-refractivity contribution is 8.26. The molecule has 1 aliphatic heterocycles. The van der Waals surface area contributed by atoms with Crippen molar-refractivity contribution >= 4 is 46.3 Å². The lowest BCUT2D eigenvalue weighted by atomic mass is 10.1. The maximum Gasteiger partial charge on any atom is 0.325 e. The van der Waals surface area contributed by atoms with Gasteiger partial charge in [0.1, 0.15) is 23.2 Å². The van der Waals surface area contributed by atoms with Crippen molar-refractivity contribution in [2.45, 2.75) is 6.61 Å². The SMILES string of the molecule is COC(=O)CN1C(=O)/C(=C/c2ccccc2OCc2ccccc2)SC1=S. The van der Waals surface area contributed by atoms with Gasteiger partial charge >= 0.3 is 5.97 Å². The van der Waals surface area contributed by atoms with Gasteiger partial charge in [-0.3, -0.25) is 14.5 Å². The molecular formula is C20H17NO4S2. The predicted molar refractivity (Wildman–Crippen MR) is 109 cm³/mol. The third kappa shape index (κ3) is 4.75. The number of carbonyl (C=O) groups is 2. The van der Waals surface area contributed by atoms with Crippen molar-refractivity contribution in [2.24, 2.45) is 0 Å². The summed E-state index contributed by atoms with van der Waals surface area (Å²) in [6, 6.07) is 17.3. The molecule has 5 nitrogen and oxygen atoms in total. The minimum atomic E-state index is -0.515. The highest BCUT2D eigenvalue weighted by Crippen LogP contribution is 2.34. The number of methoxy groups -OCH3 is 1. The summed E-state index contributed by atoms with van der Waals surface area (Å²) < 4.78 is 10.9. The molecule has 27 heavy (non-hydrogen) atoms. The van der Waals surface area contributed by atoms with Gasteiger partial charge < -0.3 is 9.47 Å². The average molecular weight is 399 g/mol. The smallest absolute Gasteiger partial charge is 0.325 e. The van der Waals surface area contributed by atoms with Crippen molar-refractivity contribution in [3.05, 3.63) is 70.6 Å². The van der Waals surface area contributed by atoms with Gasteiger partial charge in [-0.15, -0.1) is 0 Å². The second kappa shape index (κ2) is 8.83. The van der Waals surface area contributed by atoms with Crippen LogP contribution in [0.25, 0.3) is 6.08 Å². The van der Waals surface area contributed by atoms with Crippen LogP contribution in [-0.2, 0) is 20.9 Å². The second-order valence-corrected chi connectivity index (χ2v) is 7.33. The van der Waals surface area contributed by atoms with Gasteiger partial charge in [0, 0.05) is 5.56 Å². The number of thiocarbonyl (C=S) groups is 1. The number of benzene rings is 2. The lowest BCUT2D eigenvalue weighted by Gasteiger charge is -2.12. The Morgan fingerprint density at radius 3 is 2.59 bits per heavy atom. The molecule has 0 saturated carbocycles. The Labute approximate surface area is 167 Å². The van der Waals surface area contributed by atoms with E-state index in [1.807, 2.05) is 54.6 Å². The van der Waals surface area contributed by atoms with E-state index in [4.69, 9.17) is 17.0 Å². The fourth-order valence-corrected chi connectivity index (χ4v) is 3.68. The highest BCUT2D eigenvalue weighted by Gasteiger charge is 2.33. The van der Waals surface area contributed by atoms with Crippen molar-refractivity contribution in [3.8, 4) is 5.75 Å². The van der Waals surface area contributed by atoms with Crippen LogP contribution in [0.1, 0.15) is 11.1 Å². The van der Waals surface area contributed by atoms with Crippen LogP contribution in [0.2, 0.25) is 0 Å². The molecule has 1 saturated heterocycles. The zero-order valence-electron chi connectivity index (χ0n) is 14.6. The number of hydrogen-bond donors (Lipinski definition) is 0. The van der Waals surface area contributed by atoms with Gasteiger partial charge in [-0.05, 0) is 17.7 Å². The van der Waals surface area contributed by atoms with Crippen molar-refractivity contribution < 1.29 is 19.1 Å². The van der Waals surface area contributed by atoms with Gasteiger partial charge in [0.05, 0.1) is 12.0 Å². The topological polar surface area (TPSA) is 55.8 Å². The first-order valence-electron chi connectivity index (χ1n) is 8.16. The molecule has 0 radical (unpaired) electrons. The summed E-state index contributed by atoms with van der Waals surface area (Å²) in [6.07, 6.45) is 1.73. The quantitative estimate of drug-likeness (QED) is 0.420. The zero-order valence-corrected chi connectivity index (χ0v) is 16.2. The fourth-order valence-electron chi connectivity index (χ4n) is 2.44. The Hall–Kier alpha value is -2.64. The van der Waals surface area contributed by atoms with E-state index in [1.54, 1.807) is 6.08 Å². The fraction of sp³-hybridized carbons (Fsp3) is 0.150. The molecule has 1 heterocycles. The summed E-state index contributed by atoms with van der Waals surface area (Å²) >= 11 is 6.37. The van der Waals surface area contributed by atoms with Crippen molar-refractivity contribution in [2.75, 3.05) is 13.7 Å². The van der Waals surface area contributed by atoms with Crippen LogP contribution in [-0.4, -0.2) is 34.8 Å². The normalized spacial score (nSPS) is 15.3. The molecule has 0 atom stereocenters. The average Bonchev–Trinajstić information content (AvgIpc) is 2.95. The minimum Gasteiger partial charge on any atom is -0.488 e. The molecule has 2 aromatic rings. The number of thioether (sulfide) groups is 1. The number of hydrogen-bond acceptors (Lipinski definition) is 6. The summed E-state index contributed by atoms with van der Waals surface area (Å²) in [5.41, 5.74) is 1.82. The highest BCUT2D eigenvalue weighted by atomic mass is 32.2. The van der Waals surface area contributed by atoms with Gasteiger partial charge in [0.2, 0.25) is 0 Å². The van der Waals surface area contributed by atoms with E-state index in [-0.39, 0.29) is 12.5 Å². The van der Waals surface area contributed by atoms with Gasteiger partial charge in [0.25, 0.3) is 5.91 Å². The molecule has 0 spiro atoms. The number of ether oxygens (including phenoxy) is 2. The molecule has 1 fully saturated rings. The molecule has 0 unspecified atom stereocenters. The number of esters is 1. The maximum atomic E-state index is 12.6. The standard InChI is InChI=1S/C20H17NO4S2/c1-24-18(22)12-21-19(23)17(27-20(21)26)11-15-9-5-6-10-16(15)25-13-14-7-3-2-4-8-14/h2-11H,12-13H2,1H3/b17-11-. The van der Waals surface area contributed by atoms with E-state index >= 15 is 0 Å². The van der Waals surface area contributed by atoms with E-state index in [9.17, 15) is 9.59 Å². The summed E-state index contributed by atoms with van der Waals surface area (Å²) in [6.45, 7) is 0.236. The van der Waals surface area contributed by atoms with Crippen LogP contribution in [0, 0.1) is 0 Å². The predicted octanol–water partition coefficient (Wildman–Crippen LogP) is 3.64. The van der Waals surface area contributed by atoms with Crippen LogP contribution in [0.15, 0.2) is 59.5 Å². The summed E-state index contributed by atoms with van der Waals surface area (Å²) in [5.74, 6) is -0.160. The van der Waals surface area contributed by atoms with E-state index in [1.165, 1.54) is 12.0 Å². The number of amides is 1. The Morgan fingerprint density at radius 1 is 1.15 bits per heavy atom. The van der Waals surface area contributed by atoms with Crippen molar-refractivity contribution in [3.63, 3.8) is 0 Å². The molecular weight excluding hydrogens is 382 g/mol. The van der Waals surface area contributed by atoms with E-state index < -0.39 is 5.97 Å². The zero-order chi connectivity index (χ0) is 19.2. The van der Waals surface area contributed by atoms with Crippen molar-refractivity contribution in [1.29, 1.82) is 0 Å². The first kappa shape index (κ1) is 19.1. The van der Waals surface area contributed by atoms with Gasteiger partial charge in [-0.2, -0.15) is 0 Å². The van der Waals surface area contributed by atoms with E-state index in [0.29, 0.717) is 21.6 Å². The Morgan fingerprint density at radius 2 is 1.85 bits per heavy atom. The molecule has 1 aliphatic rings. The molecule has 7 heteroatoms. The lowest BCUT2D eigenvalue weighted by Crippen LogP contribution is -2.33. The summed E-state index contributed by atoms with van der Waals surface area (Å²) in [7, 11) is 1.27. The molecule has 0 aromatic heterocycles. The number of nitrogens with zero attached hydrogens (tertiary/aromatic N) is 1. The Balaban J connectivity index is 1.78. The monoisotopic (exact) mass is 399 g/mol. The van der Waals surface area contributed by atoms with Crippen molar-refractivity contribution in [1.82, 2.24) is 4.90 Å². The molecule has 0 N–H and O–H groups in total. The molecule has 0 aliphatic carbocycles.